The molecule has 0 bridgehead atoms. The van der Waals surface area contributed by atoms with E-state index in [9.17, 15) is 4.79 Å². The van der Waals surface area contributed by atoms with E-state index in [0.717, 1.165) is 34.4 Å². The number of amides is 1. The van der Waals surface area contributed by atoms with Crippen LogP contribution in [0.15, 0.2) is 18.3 Å². The van der Waals surface area contributed by atoms with Crippen molar-refractivity contribution >= 4 is 34.0 Å². The number of fused-ring (bicyclic) bond motifs is 2. The fourth-order valence-electron chi connectivity index (χ4n) is 3.35. The molecule has 0 unspecified atom stereocenters. The zero-order valence-electron chi connectivity index (χ0n) is 13.9. The molecule has 1 N–H and O–H groups in total. The zero-order chi connectivity index (χ0) is 16.7. The maximum Gasteiger partial charge on any atom is 0.265 e. The van der Waals surface area contributed by atoms with Crippen LogP contribution in [0.3, 0.4) is 0 Å². The van der Waals surface area contributed by atoms with Crippen LogP contribution < -0.4 is 5.32 Å². The lowest BCUT2D eigenvalue weighted by Crippen LogP contribution is -2.10. The quantitative estimate of drug-likeness (QED) is 0.721. The first-order chi connectivity index (χ1) is 11.6. The Morgan fingerprint density at radius 1 is 1.25 bits per heavy atom. The topological polar surface area (TPSA) is 59.8 Å². The number of rotatable bonds is 2. The first kappa shape index (κ1) is 15.3. The Labute approximate surface area is 144 Å². The highest BCUT2D eigenvalue weighted by Gasteiger charge is 2.17. The molecule has 5 nitrogen and oxygen atoms in total. The monoisotopic (exact) mass is 340 g/mol. The predicted octanol–water partition coefficient (Wildman–Crippen LogP) is 3.86. The standard InChI is InChI=1S/C18H20N4OS/c1-11-14-9-13(10-19-17(14)22(2)21-11)20-18(23)16-8-12-6-4-3-5-7-15(12)24-16/h8-10H,3-7H2,1-2H3,(H,20,23). The molecule has 3 aromatic rings. The molecule has 0 radical (unpaired) electrons. The Morgan fingerprint density at radius 3 is 2.96 bits per heavy atom. The van der Waals surface area contributed by atoms with Crippen molar-refractivity contribution < 1.29 is 4.79 Å². The van der Waals surface area contributed by atoms with E-state index in [-0.39, 0.29) is 5.91 Å². The van der Waals surface area contributed by atoms with Crippen molar-refractivity contribution in [2.75, 3.05) is 5.32 Å². The lowest BCUT2D eigenvalue weighted by molar-refractivity contribution is 0.103. The molecule has 0 saturated carbocycles. The van der Waals surface area contributed by atoms with E-state index < -0.39 is 0 Å². The second kappa shape index (κ2) is 6.02. The van der Waals surface area contributed by atoms with E-state index in [0.29, 0.717) is 5.69 Å². The summed E-state index contributed by atoms with van der Waals surface area (Å²) in [5, 5.41) is 8.32. The van der Waals surface area contributed by atoms with Crippen molar-refractivity contribution in [3.8, 4) is 0 Å². The molecule has 1 aliphatic rings. The summed E-state index contributed by atoms with van der Waals surface area (Å²) in [6.07, 6.45) is 7.65. The molecule has 6 heteroatoms. The van der Waals surface area contributed by atoms with E-state index in [1.54, 1.807) is 22.2 Å². The van der Waals surface area contributed by atoms with Crippen molar-refractivity contribution in [3.05, 3.63) is 39.3 Å². The van der Waals surface area contributed by atoms with Crippen molar-refractivity contribution in [1.29, 1.82) is 0 Å². The fourth-order valence-corrected chi connectivity index (χ4v) is 4.50. The number of carbonyl (C=O) groups is 1. The average molecular weight is 340 g/mol. The predicted molar refractivity (Wildman–Crippen MR) is 96.8 cm³/mol. The minimum absolute atomic E-state index is 0.0456. The number of pyridine rings is 1. The minimum Gasteiger partial charge on any atom is -0.320 e. The van der Waals surface area contributed by atoms with Crippen LogP contribution in [-0.2, 0) is 19.9 Å². The van der Waals surface area contributed by atoms with Crippen LogP contribution in [0.25, 0.3) is 11.0 Å². The summed E-state index contributed by atoms with van der Waals surface area (Å²) in [7, 11) is 1.87. The van der Waals surface area contributed by atoms with Gasteiger partial charge in [-0.05, 0) is 50.3 Å². The molecule has 4 rings (SSSR count). The number of nitrogens with one attached hydrogen (secondary N) is 1. The van der Waals surface area contributed by atoms with Gasteiger partial charge < -0.3 is 5.32 Å². The second-order valence-corrected chi connectivity index (χ2v) is 7.51. The first-order valence-corrected chi connectivity index (χ1v) is 9.16. The number of aromatic nitrogens is 3. The molecule has 24 heavy (non-hydrogen) atoms. The average Bonchev–Trinajstić information content (AvgIpc) is 3.01. The number of anilines is 1. The lowest BCUT2D eigenvalue weighted by atomic mass is 10.1. The molecule has 0 aliphatic heterocycles. The molecule has 0 atom stereocenters. The van der Waals surface area contributed by atoms with E-state index in [1.165, 1.54) is 29.7 Å². The summed E-state index contributed by atoms with van der Waals surface area (Å²) < 4.78 is 1.76. The molecule has 0 saturated heterocycles. The molecule has 1 aliphatic carbocycles. The van der Waals surface area contributed by atoms with Crippen LogP contribution in [0, 0.1) is 6.92 Å². The molecule has 3 heterocycles. The van der Waals surface area contributed by atoms with Gasteiger partial charge in [0.25, 0.3) is 5.91 Å². The normalized spacial score (nSPS) is 14.4. The third-order valence-electron chi connectivity index (χ3n) is 4.59. The van der Waals surface area contributed by atoms with Gasteiger partial charge in [-0.1, -0.05) is 6.42 Å². The van der Waals surface area contributed by atoms with Crippen molar-refractivity contribution in [2.45, 2.75) is 39.0 Å². The van der Waals surface area contributed by atoms with Gasteiger partial charge >= 0.3 is 0 Å². The summed E-state index contributed by atoms with van der Waals surface area (Å²) in [5.74, 6) is -0.0456. The SMILES string of the molecule is Cc1nn(C)c2ncc(NC(=O)c3cc4c(s3)CCCCC4)cc12. The summed E-state index contributed by atoms with van der Waals surface area (Å²) in [6.45, 7) is 1.95. The van der Waals surface area contributed by atoms with Crippen LogP contribution in [0.2, 0.25) is 0 Å². The van der Waals surface area contributed by atoms with Crippen molar-refractivity contribution in [1.82, 2.24) is 14.8 Å². The molecule has 0 fully saturated rings. The Hall–Kier alpha value is -2.21. The van der Waals surface area contributed by atoms with Gasteiger partial charge in [0.1, 0.15) is 0 Å². The van der Waals surface area contributed by atoms with E-state index in [1.807, 2.05) is 20.0 Å². The van der Waals surface area contributed by atoms with Crippen LogP contribution in [0.4, 0.5) is 5.69 Å². The highest BCUT2D eigenvalue weighted by Crippen LogP contribution is 2.29. The third-order valence-corrected chi connectivity index (χ3v) is 5.83. The molecule has 124 valence electrons. The van der Waals surface area contributed by atoms with E-state index >= 15 is 0 Å². The molecule has 0 spiro atoms. The van der Waals surface area contributed by atoms with Gasteiger partial charge in [0.2, 0.25) is 0 Å². The fraction of sp³-hybridized carbons (Fsp3) is 0.389. The summed E-state index contributed by atoms with van der Waals surface area (Å²) in [5.41, 5.74) is 3.82. The second-order valence-electron chi connectivity index (χ2n) is 6.38. The molecule has 0 aromatic carbocycles. The molecular weight excluding hydrogens is 320 g/mol. The van der Waals surface area contributed by atoms with Gasteiger partial charge in [-0.15, -0.1) is 11.3 Å². The molecule has 1 amide bonds. The maximum absolute atomic E-state index is 12.6. The Bertz CT molecular complexity index is 901. The Morgan fingerprint density at radius 2 is 2.08 bits per heavy atom. The molecule has 3 aromatic heterocycles. The first-order valence-electron chi connectivity index (χ1n) is 8.34. The van der Waals surface area contributed by atoms with Gasteiger partial charge in [0.15, 0.2) is 5.65 Å². The number of aryl methyl sites for hydroxylation is 4. The van der Waals surface area contributed by atoms with E-state index in [4.69, 9.17) is 0 Å². The minimum atomic E-state index is -0.0456. The van der Waals surface area contributed by atoms with Crippen LogP contribution in [0.5, 0.6) is 0 Å². The van der Waals surface area contributed by atoms with Crippen LogP contribution in [-0.4, -0.2) is 20.7 Å². The summed E-state index contributed by atoms with van der Waals surface area (Å²) in [4.78, 5) is 19.2. The highest BCUT2D eigenvalue weighted by atomic mass is 32.1. The van der Waals surface area contributed by atoms with Gasteiger partial charge in [0.05, 0.1) is 22.5 Å². The zero-order valence-corrected chi connectivity index (χ0v) is 14.7. The largest absolute Gasteiger partial charge is 0.320 e. The number of nitrogens with zero attached hydrogens (tertiary/aromatic N) is 3. The van der Waals surface area contributed by atoms with E-state index in [2.05, 4.69) is 21.5 Å². The van der Waals surface area contributed by atoms with Gasteiger partial charge in [0, 0.05) is 17.3 Å². The van der Waals surface area contributed by atoms with Gasteiger partial charge in [-0.2, -0.15) is 5.10 Å². The number of hydrogen-bond acceptors (Lipinski definition) is 4. The number of thiophene rings is 1. The Balaban J connectivity index is 1.59. The maximum atomic E-state index is 12.6. The van der Waals surface area contributed by atoms with Gasteiger partial charge in [-0.3, -0.25) is 9.48 Å². The summed E-state index contributed by atoms with van der Waals surface area (Å²) >= 11 is 1.64. The van der Waals surface area contributed by atoms with Crippen LogP contribution in [0.1, 0.15) is 45.1 Å². The number of hydrogen-bond donors (Lipinski definition) is 1. The van der Waals surface area contributed by atoms with Crippen LogP contribution >= 0.6 is 11.3 Å². The smallest absolute Gasteiger partial charge is 0.265 e. The molecular formula is C18H20N4OS. The lowest BCUT2D eigenvalue weighted by Gasteiger charge is -2.03. The highest BCUT2D eigenvalue weighted by molar-refractivity contribution is 7.14. The van der Waals surface area contributed by atoms with Crippen molar-refractivity contribution in [3.63, 3.8) is 0 Å². The van der Waals surface area contributed by atoms with Gasteiger partial charge in [-0.25, -0.2) is 4.98 Å². The Kier molecular flexibility index (Phi) is 3.84. The third kappa shape index (κ3) is 2.71. The summed E-state index contributed by atoms with van der Waals surface area (Å²) in [6, 6.07) is 4.02. The van der Waals surface area contributed by atoms with Crippen molar-refractivity contribution in [2.24, 2.45) is 7.05 Å². The number of carbonyl (C=O) groups excluding carboxylic acids is 1.